The van der Waals surface area contributed by atoms with Crippen molar-refractivity contribution in [3.63, 3.8) is 0 Å². The summed E-state index contributed by atoms with van der Waals surface area (Å²) in [6.45, 7) is 11.0. The molecule has 1 fully saturated rings. The zero-order valence-corrected chi connectivity index (χ0v) is 24.0. The minimum atomic E-state index is -0.751. The molecule has 212 valence electrons. The summed E-state index contributed by atoms with van der Waals surface area (Å²) in [4.78, 5) is 35.4. The van der Waals surface area contributed by atoms with Crippen LogP contribution in [-0.2, 0) is 16.2 Å². The number of benzene rings is 2. The molecule has 1 saturated heterocycles. The number of rotatable bonds is 10. The number of Topliss-reactive ketones (excluding diaryl/α,β-unsaturated/α-hetero) is 1. The number of likely N-dealkylation sites (tertiary alicyclic amines) is 1. The van der Waals surface area contributed by atoms with Gasteiger partial charge in [-0.3, -0.25) is 9.59 Å². The van der Waals surface area contributed by atoms with Crippen molar-refractivity contribution in [2.24, 2.45) is 0 Å². The van der Waals surface area contributed by atoms with Crippen LogP contribution in [0.15, 0.2) is 78.5 Å². The van der Waals surface area contributed by atoms with Gasteiger partial charge in [0.1, 0.15) is 23.7 Å². The summed E-state index contributed by atoms with van der Waals surface area (Å²) in [6, 6.07) is 20.4. The number of aryl methyl sites for hydroxylation is 2. The third kappa shape index (κ3) is 5.47. The fraction of sp³-hybridized carbons (Fsp3) is 0.303. The molecule has 1 atom stereocenters. The SMILES string of the molecule is CCN(CC)CCN1C(=O)C(=O)/C(=C(/O)c2nc3c(C)cccn3c2C)C1c1ccc(OCc2ccccc2)cc1. The van der Waals surface area contributed by atoms with Gasteiger partial charge in [0.15, 0.2) is 5.76 Å². The molecule has 1 unspecified atom stereocenters. The summed E-state index contributed by atoms with van der Waals surface area (Å²) in [7, 11) is 0. The fourth-order valence-electron chi connectivity index (χ4n) is 5.41. The first-order valence-corrected chi connectivity index (χ1v) is 14.1. The Labute approximate surface area is 240 Å². The van der Waals surface area contributed by atoms with Crippen LogP contribution in [0, 0.1) is 13.8 Å². The van der Waals surface area contributed by atoms with Crippen LogP contribution < -0.4 is 4.74 Å². The van der Waals surface area contributed by atoms with E-state index in [0.717, 1.165) is 29.8 Å². The number of carbonyl (C=O) groups is 2. The number of aliphatic hydroxyl groups excluding tert-OH is 1. The molecule has 2 aromatic carbocycles. The van der Waals surface area contributed by atoms with Crippen LogP contribution >= 0.6 is 0 Å². The zero-order valence-electron chi connectivity index (χ0n) is 24.0. The molecule has 41 heavy (non-hydrogen) atoms. The second-order valence-corrected chi connectivity index (χ2v) is 10.3. The smallest absolute Gasteiger partial charge is 0.295 e. The maximum atomic E-state index is 13.5. The molecule has 1 N–H and O–H groups in total. The summed E-state index contributed by atoms with van der Waals surface area (Å²) >= 11 is 0. The first kappa shape index (κ1) is 28.1. The lowest BCUT2D eigenvalue weighted by Gasteiger charge is -2.28. The Kier molecular flexibility index (Phi) is 8.21. The number of carbonyl (C=O) groups excluding carboxylic acids is 2. The van der Waals surface area contributed by atoms with Crippen LogP contribution in [0.25, 0.3) is 11.4 Å². The van der Waals surface area contributed by atoms with Crippen molar-refractivity contribution in [1.82, 2.24) is 19.2 Å². The number of aromatic nitrogens is 2. The summed E-state index contributed by atoms with van der Waals surface area (Å²) in [5.41, 5.74) is 4.45. The van der Waals surface area contributed by atoms with E-state index in [0.29, 0.717) is 42.5 Å². The van der Waals surface area contributed by atoms with Crippen LogP contribution in [0.2, 0.25) is 0 Å². The van der Waals surface area contributed by atoms with E-state index in [2.05, 4.69) is 23.7 Å². The number of pyridine rings is 1. The highest BCUT2D eigenvalue weighted by molar-refractivity contribution is 6.46. The maximum Gasteiger partial charge on any atom is 0.295 e. The fourth-order valence-corrected chi connectivity index (χ4v) is 5.41. The molecule has 0 aliphatic carbocycles. The first-order chi connectivity index (χ1) is 19.8. The van der Waals surface area contributed by atoms with Gasteiger partial charge in [-0.05, 0) is 61.8 Å². The third-order valence-electron chi connectivity index (χ3n) is 7.84. The summed E-state index contributed by atoms with van der Waals surface area (Å²) < 4.78 is 7.85. The number of hydrogen-bond donors (Lipinski definition) is 1. The normalized spacial score (nSPS) is 16.7. The molecular formula is C33H36N4O4. The van der Waals surface area contributed by atoms with Crippen LogP contribution in [0.1, 0.15) is 48.0 Å². The van der Waals surface area contributed by atoms with Crippen molar-refractivity contribution in [1.29, 1.82) is 0 Å². The number of fused-ring (bicyclic) bond motifs is 1. The van der Waals surface area contributed by atoms with Gasteiger partial charge in [0, 0.05) is 19.3 Å². The average Bonchev–Trinajstić information content (AvgIpc) is 3.47. The molecule has 8 heteroatoms. The number of amides is 1. The van der Waals surface area contributed by atoms with Crippen LogP contribution in [0.4, 0.5) is 0 Å². The minimum Gasteiger partial charge on any atom is -0.505 e. The van der Waals surface area contributed by atoms with E-state index in [-0.39, 0.29) is 11.3 Å². The van der Waals surface area contributed by atoms with Crippen molar-refractivity contribution in [3.8, 4) is 5.75 Å². The number of ether oxygens (including phenoxy) is 1. The van der Waals surface area contributed by atoms with Gasteiger partial charge in [0.2, 0.25) is 0 Å². The van der Waals surface area contributed by atoms with Gasteiger partial charge in [0.25, 0.3) is 11.7 Å². The summed E-state index contributed by atoms with van der Waals surface area (Å²) in [5, 5.41) is 11.6. The van der Waals surface area contributed by atoms with Crippen LogP contribution in [-0.4, -0.2) is 62.2 Å². The zero-order chi connectivity index (χ0) is 29.1. The summed E-state index contributed by atoms with van der Waals surface area (Å²) in [6.07, 6.45) is 1.87. The monoisotopic (exact) mass is 552 g/mol. The van der Waals surface area contributed by atoms with Crippen molar-refractivity contribution >= 4 is 23.1 Å². The van der Waals surface area contributed by atoms with Crippen molar-refractivity contribution in [2.75, 3.05) is 26.2 Å². The van der Waals surface area contributed by atoms with E-state index in [1.54, 1.807) is 4.90 Å². The Hall–Kier alpha value is -4.43. The summed E-state index contributed by atoms with van der Waals surface area (Å²) in [5.74, 6) is -0.914. The van der Waals surface area contributed by atoms with Crippen LogP contribution in [0.5, 0.6) is 5.75 Å². The Morgan fingerprint density at radius 1 is 0.976 bits per heavy atom. The highest BCUT2D eigenvalue weighted by atomic mass is 16.5. The molecule has 3 heterocycles. The molecule has 2 aromatic heterocycles. The van der Waals surface area contributed by atoms with Gasteiger partial charge in [0.05, 0.1) is 17.3 Å². The number of aliphatic hydroxyl groups is 1. The van der Waals surface area contributed by atoms with Gasteiger partial charge in [-0.15, -0.1) is 0 Å². The predicted octanol–water partition coefficient (Wildman–Crippen LogP) is 5.29. The second kappa shape index (κ2) is 12.0. The number of ketones is 1. The van der Waals surface area contributed by atoms with E-state index in [1.807, 2.05) is 91.2 Å². The Bertz CT molecular complexity index is 1590. The minimum absolute atomic E-state index is 0.0525. The second-order valence-electron chi connectivity index (χ2n) is 10.3. The lowest BCUT2D eigenvalue weighted by atomic mass is 9.96. The Morgan fingerprint density at radius 3 is 2.34 bits per heavy atom. The first-order valence-electron chi connectivity index (χ1n) is 14.1. The number of nitrogens with zero attached hydrogens (tertiary/aromatic N) is 4. The molecule has 8 nitrogen and oxygen atoms in total. The maximum absolute atomic E-state index is 13.5. The van der Waals surface area contributed by atoms with Crippen molar-refractivity contribution in [2.45, 2.75) is 40.3 Å². The van der Waals surface area contributed by atoms with Crippen LogP contribution in [0.3, 0.4) is 0 Å². The Morgan fingerprint density at radius 2 is 1.68 bits per heavy atom. The predicted molar refractivity (Wildman–Crippen MR) is 159 cm³/mol. The molecular weight excluding hydrogens is 516 g/mol. The van der Waals surface area contributed by atoms with E-state index in [9.17, 15) is 14.7 Å². The van der Waals surface area contributed by atoms with E-state index < -0.39 is 17.7 Å². The molecule has 0 saturated carbocycles. The van der Waals surface area contributed by atoms with E-state index >= 15 is 0 Å². The van der Waals surface area contributed by atoms with Gasteiger partial charge >= 0.3 is 0 Å². The highest BCUT2D eigenvalue weighted by Crippen LogP contribution is 2.40. The molecule has 4 aromatic rings. The lowest BCUT2D eigenvalue weighted by molar-refractivity contribution is -0.140. The molecule has 0 spiro atoms. The molecule has 0 bridgehead atoms. The van der Waals surface area contributed by atoms with Crippen molar-refractivity contribution in [3.05, 3.63) is 107 Å². The largest absolute Gasteiger partial charge is 0.505 e. The third-order valence-corrected chi connectivity index (χ3v) is 7.84. The van der Waals surface area contributed by atoms with E-state index in [4.69, 9.17) is 4.74 Å². The average molecular weight is 553 g/mol. The number of imidazole rings is 1. The van der Waals surface area contributed by atoms with Gasteiger partial charge in [-0.25, -0.2) is 4.98 Å². The lowest BCUT2D eigenvalue weighted by Crippen LogP contribution is -2.38. The topological polar surface area (TPSA) is 87.4 Å². The van der Waals surface area contributed by atoms with Gasteiger partial charge in [-0.1, -0.05) is 62.4 Å². The Balaban J connectivity index is 1.54. The van der Waals surface area contributed by atoms with E-state index in [1.165, 1.54) is 0 Å². The quantitative estimate of drug-likeness (QED) is 0.163. The standard InChI is InChI=1S/C33H36N4O4/c1-5-35(6-2)19-20-37-29(25-14-16-26(17-15-25)41-21-24-12-8-7-9-13-24)27(31(39)33(37)40)30(38)28-23(4)36-18-10-11-22(3)32(36)34-28/h7-18,29,38H,5-6,19-21H2,1-4H3/b30-27+. The molecule has 0 radical (unpaired) electrons. The molecule has 1 aliphatic rings. The number of hydrogen-bond acceptors (Lipinski definition) is 6. The van der Waals surface area contributed by atoms with Gasteiger partial charge in [-0.2, -0.15) is 0 Å². The molecule has 1 amide bonds. The van der Waals surface area contributed by atoms with Gasteiger partial charge < -0.3 is 24.0 Å². The number of likely N-dealkylation sites (N-methyl/N-ethyl adjacent to an activating group) is 1. The van der Waals surface area contributed by atoms with Crippen molar-refractivity contribution < 1.29 is 19.4 Å². The highest BCUT2D eigenvalue weighted by Gasteiger charge is 2.46. The molecule has 5 rings (SSSR count). The molecule has 1 aliphatic heterocycles.